The molecule has 31 heavy (non-hydrogen) atoms. The lowest BCUT2D eigenvalue weighted by Crippen LogP contribution is -2.28. The van der Waals surface area contributed by atoms with E-state index in [1.807, 2.05) is 6.92 Å². The second-order valence-corrected chi connectivity index (χ2v) is 6.64. The molecule has 0 saturated carbocycles. The predicted molar refractivity (Wildman–Crippen MR) is 112 cm³/mol. The smallest absolute Gasteiger partial charge is 0.387 e. The van der Waals surface area contributed by atoms with Crippen LogP contribution >= 0.6 is 0 Å². The molecule has 1 aromatic heterocycles. The number of fused-ring (bicyclic) bond motifs is 1. The Bertz CT molecular complexity index is 1070. The maximum absolute atomic E-state index is 13.0. The molecule has 0 bridgehead atoms. The zero-order chi connectivity index (χ0) is 22.5. The highest BCUT2D eigenvalue weighted by molar-refractivity contribution is 6.02. The number of ether oxygens (including phenoxy) is 4. The molecule has 9 heteroatoms. The topological polar surface area (TPSA) is 81.8 Å². The quantitative estimate of drug-likeness (QED) is 0.511. The van der Waals surface area contributed by atoms with E-state index >= 15 is 0 Å². The molecule has 0 saturated heterocycles. The first-order valence-corrected chi connectivity index (χ1v) is 9.59. The van der Waals surface area contributed by atoms with Gasteiger partial charge in [0.05, 0.1) is 32.9 Å². The third kappa shape index (κ3) is 4.50. The van der Waals surface area contributed by atoms with Gasteiger partial charge in [0.2, 0.25) is 0 Å². The zero-order valence-corrected chi connectivity index (χ0v) is 17.6. The molecular formula is C22H24F2N2O5. The van der Waals surface area contributed by atoms with Crippen molar-refractivity contribution < 1.29 is 32.5 Å². The molecule has 0 fully saturated rings. The number of hydrogen-bond donors (Lipinski definition) is 2. The summed E-state index contributed by atoms with van der Waals surface area (Å²) in [6.07, 6.45) is 0.468. The Labute approximate surface area is 178 Å². The number of alkyl halides is 2. The molecule has 1 heterocycles. The first-order chi connectivity index (χ1) is 14.9. The summed E-state index contributed by atoms with van der Waals surface area (Å²) in [6, 6.07) is 9.16. The molecule has 0 spiro atoms. The lowest BCUT2D eigenvalue weighted by Gasteiger charge is -2.20. The van der Waals surface area contributed by atoms with E-state index in [-0.39, 0.29) is 11.4 Å². The van der Waals surface area contributed by atoms with Crippen molar-refractivity contribution in [3.63, 3.8) is 0 Å². The van der Waals surface area contributed by atoms with E-state index < -0.39 is 18.6 Å². The van der Waals surface area contributed by atoms with Gasteiger partial charge in [-0.1, -0.05) is 25.1 Å². The Hall–Kier alpha value is -3.49. The molecule has 0 radical (unpaired) electrons. The predicted octanol–water partition coefficient (Wildman–Crippen LogP) is 4.68. The standard InChI is InChI=1S/C22H24F2N2O5/c1-5-14(12-8-6-7-9-16(12)31-22(23)24)26-21(27)15-10-13-17(28-2)11-18(29-3)20(30-4)19(13)25-15/h6-11,14,22,25H,5H2,1-4H3,(H,26,27). The van der Waals surface area contributed by atoms with Crippen molar-refractivity contribution in [2.45, 2.75) is 26.0 Å². The highest BCUT2D eigenvalue weighted by atomic mass is 19.3. The number of amides is 1. The van der Waals surface area contributed by atoms with Crippen LogP contribution in [0.5, 0.6) is 23.0 Å². The number of para-hydroxylation sites is 1. The van der Waals surface area contributed by atoms with Crippen molar-refractivity contribution in [3.05, 3.63) is 47.7 Å². The summed E-state index contributed by atoms with van der Waals surface area (Å²) in [6.45, 7) is -1.12. The molecular weight excluding hydrogens is 410 g/mol. The van der Waals surface area contributed by atoms with Crippen LogP contribution in [-0.2, 0) is 0 Å². The van der Waals surface area contributed by atoms with Gasteiger partial charge in [-0.3, -0.25) is 4.79 Å². The fourth-order valence-corrected chi connectivity index (χ4v) is 3.47. The number of aromatic nitrogens is 1. The van der Waals surface area contributed by atoms with Gasteiger partial charge >= 0.3 is 6.61 Å². The number of aromatic amines is 1. The van der Waals surface area contributed by atoms with Crippen LogP contribution < -0.4 is 24.3 Å². The third-order valence-electron chi connectivity index (χ3n) is 4.91. The second-order valence-electron chi connectivity index (χ2n) is 6.64. The van der Waals surface area contributed by atoms with Gasteiger partial charge < -0.3 is 29.2 Å². The van der Waals surface area contributed by atoms with Crippen LogP contribution in [-0.4, -0.2) is 38.8 Å². The Morgan fingerprint density at radius 3 is 2.35 bits per heavy atom. The number of H-pyrrole nitrogens is 1. The molecule has 166 valence electrons. The molecule has 0 aliphatic heterocycles. The number of hydrogen-bond acceptors (Lipinski definition) is 5. The van der Waals surface area contributed by atoms with Gasteiger partial charge in [-0.05, 0) is 18.6 Å². The van der Waals surface area contributed by atoms with E-state index in [2.05, 4.69) is 15.0 Å². The van der Waals surface area contributed by atoms with Crippen molar-refractivity contribution in [1.29, 1.82) is 0 Å². The molecule has 1 unspecified atom stereocenters. The third-order valence-corrected chi connectivity index (χ3v) is 4.91. The van der Waals surface area contributed by atoms with Gasteiger partial charge in [0.15, 0.2) is 11.5 Å². The van der Waals surface area contributed by atoms with Crippen LogP contribution in [0.4, 0.5) is 8.78 Å². The van der Waals surface area contributed by atoms with E-state index in [0.717, 1.165) is 0 Å². The molecule has 1 atom stereocenters. The van der Waals surface area contributed by atoms with E-state index in [9.17, 15) is 13.6 Å². The van der Waals surface area contributed by atoms with Crippen LogP contribution in [0.3, 0.4) is 0 Å². The van der Waals surface area contributed by atoms with E-state index in [1.165, 1.54) is 27.4 Å². The molecule has 0 aliphatic rings. The largest absolute Gasteiger partial charge is 0.496 e. The second kappa shape index (κ2) is 9.55. The van der Waals surface area contributed by atoms with Crippen LogP contribution in [0.1, 0.15) is 35.4 Å². The number of carbonyl (C=O) groups is 1. The van der Waals surface area contributed by atoms with Crippen molar-refractivity contribution in [2.24, 2.45) is 0 Å². The first kappa shape index (κ1) is 22.2. The van der Waals surface area contributed by atoms with Crippen molar-refractivity contribution in [2.75, 3.05) is 21.3 Å². The normalized spacial score (nSPS) is 12.0. The summed E-state index contributed by atoms with van der Waals surface area (Å²) in [5.74, 6) is 0.989. The molecule has 3 aromatic rings. The van der Waals surface area contributed by atoms with Crippen molar-refractivity contribution in [3.8, 4) is 23.0 Å². The number of nitrogens with one attached hydrogen (secondary N) is 2. The zero-order valence-electron chi connectivity index (χ0n) is 17.6. The molecule has 1 amide bonds. The van der Waals surface area contributed by atoms with Crippen LogP contribution in [0.2, 0.25) is 0 Å². The van der Waals surface area contributed by atoms with Gasteiger partial charge in [-0.25, -0.2) is 0 Å². The SMILES string of the molecule is CCC(NC(=O)c1cc2c(OC)cc(OC)c(OC)c2[nH]1)c1ccccc1OC(F)F. The Morgan fingerprint density at radius 1 is 1.03 bits per heavy atom. The fourth-order valence-electron chi connectivity index (χ4n) is 3.47. The minimum atomic E-state index is -2.96. The van der Waals surface area contributed by atoms with E-state index in [1.54, 1.807) is 30.3 Å². The monoisotopic (exact) mass is 434 g/mol. The van der Waals surface area contributed by atoms with E-state index in [0.29, 0.717) is 40.1 Å². The Balaban J connectivity index is 1.96. The first-order valence-electron chi connectivity index (χ1n) is 9.59. The van der Waals surface area contributed by atoms with Crippen molar-refractivity contribution >= 4 is 16.8 Å². The maximum Gasteiger partial charge on any atom is 0.387 e. The van der Waals surface area contributed by atoms with Gasteiger partial charge in [-0.2, -0.15) is 8.78 Å². The van der Waals surface area contributed by atoms with Gasteiger partial charge in [0.1, 0.15) is 17.2 Å². The van der Waals surface area contributed by atoms with Crippen LogP contribution in [0.25, 0.3) is 10.9 Å². The molecule has 7 nitrogen and oxygen atoms in total. The Morgan fingerprint density at radius 2 is 1.74 bits per heavy atom. The average Bonchev–Trinajstić information content (AvgIpc) is 3.21. The molecule has 0 aliphatic carbocycles. The van der Waals surface area contributed by atoms with Crippen LogP contribution in [0.15, 0.2) is 36.4 Å². The molecule has 2 N–H and O–H groups in total. The summed E-state index contributed by atoms with van der Waals surface area (Å²) >= 11 is 0. The Kier molecular flexibility index (Phi) is 6.84. The number of benzene rings is 2. The molecule has 3 rings (SSSR count). The number of carbonyl (C=O) groups excluding carboxylic acids is 1. The molecule has 2 aromatic carbocycles. The lowest BCUT2D eigenvalue weighted by molar-refractivity contribution is -0.0506. The highest BCUT2D eigenvalue weighted by Gasteiger charge is 2.23. The minimum Gasteiger partial charge on any atom is -0.496 e. The summed E-state index contributed by atoms with van der Waals surface area (Å²) in [5, 5.41) is 3.51. The minimum absolute atomic E-state index is 0.0226. The summed E-state index contributed by atoms with van der Waals surface area (Å²) < 4.78 is 46.3. The summed E-state index contributed by atoms with van der Waals surface area (Å²) in [5.41, 5.74) is 1.26. The number of methoxy groups -OCH3 is 3. The average molecular weight is 434 g/mol. The van der Waals surface area contributed by atoms with Crippen molar-refractivity contribution in [1.82, 2.24) is 10.3 Å². The fraction of sp³-hybridized carbons (Fsp3) is 0.318. The van der Waals surface area contributed by atoms with Crippen LogP contribution in [0, 0.1) is 0 Å². The van der Waals surface area contributed by atoms with Gasteiger partial charge in [0, 0.05) is 17.0 Å². The number of rotatable bonds is 9. The summed E-state index contributed by atoms with van der Waals surface area (Å²) in [7, 11) is 4.52. The highest BCUT2D eigenvalue weighted by Crippen LogP contribution is 2.41. The number of halogens is 2. The maximum atomic E-state index is 13.0. The lowest BCUT2D eigenvalue weighted by atomic mass is 10.0. The van der Waals surface area contributed by atoms with Gasteiger partial charge in [0.25, 0.3) is 5.91 Å². The van der Waals surface area contributed by atoms with E-state index in [4.69, 9.17) is 14.2 Å². The van der Waals surface area contributed by atoms with Gasteiger partial charge in [-0.15, -0.1) is 0 Å². The summed E-state index contributed by atoms with van der Waals surface area (Å²) in [4.78, 5) is 16.0.